The van der Waals surface area contributed by atoms with E-state index in [9.17, 15) is 8.42 Å². The summed E-state index contributed by atoms with van der Waals surface area (Å²) in [7, 11) is -3.23. The SMILES string of the molecule is O=S(=O)(CC1CCCCN1)NCCc1ncon1. The van der Waals surface area contributed by atoms with Crippen LogP contribution in [-0.2, 0) is 16.4 Å². The van der Waals surface area contributed by atoms with Crippen molar-refractivity contribution < 1.29 is 12.9 Å². The van der Waals surface area contributed by atoms with Crippen molar-refractivity contribution in [3.8, 4) is 0 Å². The van der Waals surface area contributed by atoms with Gasteiger partial charge in [-0.15, -0.1) is 0 Å². The highest BCUT2D eigenvalue weighted by atomic mass is 32.2. The van der Waals surface area contributed by atoms with Gasteiger partial charge in [-0.1, -0.05) is 11.6 Å². The maximum atomic E-state index is 11.8. The highest BCUT2D eigenvalue weighted by molar-refractivity contribution is 7.89. The van der Waals surface area contributed by atoms with Crippen molar-refractivity contribution in [2.45, 2.75) is 31.7 Å². The van der Waals surface area contributed by atoms with E-state index in [0.717, 1.165) is 25.8 Å². The van der Waals surface area contributed by atoms with Crippen molar-refractivity contribution in [1.29, 1.82) is 0 Å². The molecule has 0 spiro atoms. The third kappa shape index (κ3) is 4.35. The maximum absolute atomic E-state index is 11.8. The van der Waals surface area contributed by atoms with Crippen LogP contribution in [0, 0.1) is 0 Å². The lowest BCUT2D eigenvalue weighted by atomic mass is 10.1. The number of nitrogens with zero attached hydrogens (tertiary/aromatic N) is 2. The molecule has 2 rings (SSSR count). The number of sulfonamides is 1. The smallest absolute Gasteiger partial charge is 0.213 e. The van der Waals surface area contributed by atoms with Crippen molar-refractivity contribution in [3.05, 3.63) is 12.2 Å². The molecule has 1 aromatic heterocycles. The molecule has 1 aromatic rings. The summed E-state index contributed by atoms with van der Waals surface area (Å²) in [5, 5.41) is 6.84. The normalized spacial score (nSPS) is 21.0. The first kappa shape index (κ1) is 13.4. The standard InChI is InChI=1S/C10H18N4O3S/c15-18(16,7-9-3-1-2-5-11-9)13-6-4-10-12-8-17-14-10/h8-9,11,13H,1-7H2. The number of piperidine rings is 1. The van der Waals surface area contributed by atoms with Crippen LogP contribution in [0.15, 0.2) is 10.9 Å². The van der Waals surface area contributed by atoms with Gasteiger partial charge in [0.1, 0.15) is 0 Å². The second kappa shape index (κ2) is 6.26. The van der Waals surface area contributed by atoms with Gasteiger partial charge in [0, 0.05) is 19.0 Å². The van der Waals surface area contributed by atoms with E-state index < -0.39 is 10.0 Å². The van der Waals surface area contributed by atoms with Crippen LogP contribution in [0.25, 0.3) is 0 Å². The summed E-state index contributed by atoms with van der Waals surface area (Å²) in [6.07, 6.45) is 4.81. The van der Waals surface area contributed by atoms with Crippen molar-refractivity contribution in [3.63, 3.8) is 0 Å². The summed E-state index contributed by atoms with van der Waals surface area (Å²) < 4.78 is 30.7. The molecular formula is C10H18N4O3S. The Balaban J connectivity index is 1.73. The molecule has 1 atom stereocenters. The molecule has 102 valence electrons. The Morgan fingerprint density at radius 3 is 3.06 bits per heavy atom. The monoisotopic (exact) mass is 274 g/mol. The van der Waals surface area contributed by atoms with Crippen LogP contribution >= 0.6 is 0 Å². The summed E-state index contributed by atoms with van der Waals surface area (Å²) in [4.78, 5) is 3.83. The quantitative estimate of drug-likeness (QED) is 0.737. The summed E-state index contributed by atoms with van der Waals surface area (Å²) in [5.74, 6) is 0.646. The van der Waals surface area contributed by atoms with Crippen LogP contribution < -0.4 is 10.0 Å². The van der Waals surface area contributed by atoms with Crippen molar-refractivity contribution in [2.75, 3.05) is 18.8 Å². The van der Waals surface area contributed by atoms with Gasteiger partial charge in [0.2, 0.25) is 16.4 Å². The minimum Gasteiger partial charge on any atom is -0.343 e. The molecule has 7 nitrogen and oxygen atoms in total. The van der Waals surface area contributed by atoms with Gasteiger partial charge in [-0.05, 0) is 19.4 Å². The van der Waals surface area contributed by atoms with E-state index in [-0.39, 0.29) is 11.8 Å². The zero-order valence-electron chi connectivity index (χ0n) is 10.1. The molecule has 1 fully saturated rings. The maximum Gasteiger partial charge on any atom is 0.213 e. The van der Waals surface area contributed by atoms with E-state index in [2.05, 4.69) is 24.7 Å². The molecule has 18 heavy (non-hydrogen) atoms. The fraction of sp³-hybridized carbons (Fsp3) is 0.800. The van der Waals surface area contributed by atoms with E-state index in [4.69, 9.17) is 0 Å². The van der Waals surface area contributed by atoms with E-state index in [1.165, 1.54) is 6.39 Å². The second-order valence-corrected chi connectivity index (χ2v) is 6.27. The summed E-state index contributed by atoms with van der Waals surface area (Å²) in [6.45, 7) is 1.21. The largest absolute Gasteiger partial charge is 0.343 e. The van der Waals surface area contributed by atoms with Gasteiger partial charge in [0.15, 0.2) is 5.82 Å². The predicted octanol–water partition coefficient (Wildman–Crippen LogP) is -0.326. The van der Waals surface area contributed by atoms with E-state index >= 15 is 0 Å². The zero-order chi connectivity index (χ0) is 12.8. The molecule has 0 saturated carbocycles. The van der Waals surface area contributed by atoms with Gasteiger partial charge in [-0.25, -0.2) is 13.1 Å². The Bertz CT molecular complexity index is 440. The molecule has 0 amide bonds. The molecule has 0 aliphatic carbocycles. The third-order valence-corrected chi connectivity index (χ3v) is 4.40. The first-order valence-electron chi connectivity index (χ1n) is 6.12. The number of nitrogens with one attached hydrogen (secondary N) is 2. The molecule has 1 aliphatic rings. The minimum atomic E-state index is -3.23. The molecule has 0 aromatic carbocycles. The van der Waals surface area contributed by atoms with E-state index in [0.29, 0.717) is 18.8 Å². The number of hydrogen-bond acceptors (Lipinski definition) is 6. The summed E-state index contributed by atoms with van der Waals surface area (Å²) in [5.41, 5.74) is 0. The Morgan fingerprint density at radius 1 is 1.50 bits per heavy atom. The van der Waals surface area contributed by atoms with Crippen molar-refractivity contribution in [2.24, 2.45) is 0 Å². The van der Waals surface area contributed by atoms with Crippen LogP contribution in [0.1, 0.15) is 25.1 Å². The van der Waals surface area contributed by atoms with Gasteiger partial charge in [0.05, 0.1) is 5.75 Å². The highest BCUT2D eigenvalue weighted by Gasteiger charge is 2.20. The van der Waals surface area contributed by atoms with Crippen LogP contribution in [0.4, 0.5) is 0 Å². The number of rotatable bonds is 6. The molecule has 1 unspecified atom stereocenters. The molecule has 1 aliphatic heterocycles. The number of hydrogen-bond donors (Lipinski definition) is 2. The Hall–Kier alpha value is -0.990. The summed E-state index contributed by atoms with van der Waals surface area (Å²) in [6, 6.07) is 0.0708. The average Bonchev–Trinajstić information content (AvgIpc) is 2.82. The van der Waals surface area contributed by atoms with Crippen LogP contribution in [-0.4, -0.2) is 43.4 Å². The predicted molar refractivity (Wildman–Crippen MR) is 65.4 cm³/mol. The van der Waals surface area contributed by atoms with Gasteiger partial charge in [-0.3, -0.25) is 0 Å². The molecule has 2 N–H and O–H groups in total. The van der Waals surface area contributed by atoms with Gasteiger partial charge in [0.25, 0.3) is 0 Å². The first-order valence-corrected chi connectivity index (χ1v) is 7.77. The van der Waals surface area contributed by atoms with E-state index in [1.54, 1.807) is 0 Å². The molecule has 0 bridgehead atoms. The highest BCUT2D eigenvalue weighted by Crippen LogP contribution is 2.08. The van der Waals surface area contributed by atoms with Gasteiger partial charge in [-0.2, -0.15) is 4.98 Å². The van der Waals surface area contributed by atoms with E-state index in [1.807, 2.05) is 0 Å². The van der Waals surface area contributed by atoms with Gasteiger partial charge >= 0.3 is 0 Å². The second-order valence-electron chi connectivity index (χ2n) is 4.42. The fourth-order valence-electron chi connectivity index (χ4n) is 2.01. The van der Waals surface area contributed by atoms with Crippen LogP contribution in [0.3, 0.4) is 0 Å². The van der Waals surface area contributed by atoms with Crippen LogP contribution in [0.2, 0.25) is 0 Å². The third-order valence-electron chi connectivity index (χ3n) is 2.91. The average molecular weight is 274 g/mol. The lowest BCUT2D eigenvalue weighted by molar-refractivity contribution is 0.409. The molecule has 0 radical (unpaired) electrons. The topological polar surface area (TPSA) is 97.1 Å². The minimum absolute atomic E-state index is 0.0708. The lowest BCUT2D eigenvalue weighted by Gasteiger charge is -2.23. The first-order chi connectivity index (χ1) is 8.66. The van der Waals surface area contributed by atoms with Gasteiger partial charge < -0.3 is 9.84 Å². The summed E-state index contributed by atoms with van der Waals surface area (Å²) >= 11 is 0. The Labute approximate surface area is 106 Å². The molecule has 1 saturated heterocycles. The Kier molecular flexibility index (Phi) is 4.67. The lowest BCUT2D eigenvalue weighted by Crippen LogP contribution is -2.43. The fourth-order valence-corrected chi connectivity index (χ4v) is 3.36. The molecular weight excluding hydrogens is 256 g/mol. The molecule has 2 heterocycles. The van der Waals surface area contributed by atoms with Crippen molar-refractivity contribution >= 4 is 10.0 Å². The Morgan fingerprint density at radius 2 is 2.39 bits per heavy atom. The van der Waals surface area contributed by atoms with Crippen LogP contribution in [0.5, 0.6) is 0 Å². The molecule has 8 heteroatoms. The van der Waals surface area contributed by atoms with Crippen molar-refractivity contribution in [1.82, 2.24) is 20.2 Å². The number of aromatic nitrogens is 2. The zero-order valence-corrected chi connectivity index (χ0v) is 10.9.